The molecule has 2 heterocycles. The zero-order chi connectivity index (χ0) is 17.5. The van der Waals surface area contributed by atoms with Crippen LogP contribution in [0.25, 0.3) is 0 Å². The topological polar surface area (TPSA) is 78.7 Å². The number of benzene rings is 1. The summed E-state index contributed by atoms with van der Waals surface area (Å²) in [7, 11) is 0. The zero-order valence-electron chi connectivity index (χ0n) is 14.6. The van der Waals surface area contributed by atoms with Crippen LogP contribution in [0.4, 0.5) is 11.4 Å². The van der Waals surface area contributed by atoms with Crippen LogP contribution < -0.4 is 16.0 Å². The van der Waals surface area contributed by atoms with E-state index in [0.717, 1.165) is 25.2 Å². The van der Waals surface area contributed by atoms with Crippen LogP contribution >= 0.6 is 0 Å². The summed E-state index contributed by atoms with van der Waals surface area (Å²) in [5.41, 5.74) is 7.63. The molecule has 2 atom stereocenters. The number of anilines is 2. The lowest BCUT2D eigenvalue weighted by Gasteiger charge is -2.45. The monoisotopic (exact) mass is 330 g/mol. The highest BCUT2D eigenvalue weighted by Crippen LogP contribution is 2.32. The molecule has 6 nitrogen and oxygen atoms in total. The SMILES string of the molecule is CC(C(=O)N1CC(=O)Nc2ccccc21)N1CCC(N)C(C)(C)C1. The van der Waals surface area contributed by atoms with Gasteiger partial charge in [0.05, 0.1) is 17.4 Å². The van der Waals surface area contributed by atoms with Crippen LogP contribution in [-0.4, -0.2) is 48.4 Å². The van der Waals surface area contributed by atoms with Crippen molar-refractivity contribution in [2.75, 3.05) is 29.9 Å². The Hall–Kier alpha value is -1.92. The van der Waals surface area contributed by atoms with Gasteiger partial charge in [0.2, 0.25) is 11.8 Å². The van der Waals surface area contributed by atoms with Crippen molar-refractivity contribution >= 4 is 23.2 Å². The van der Waals surface area contributed by atoms with Gasteiger partial charge in [0.25, 0.3) is 0 Å². The number of hydrogen-bond donors (Lipinski definition) is 2. The van der Waals surface area contributed by atoms with Gasteiger partial charge >= 0.3 is 0 Å². The molecule has 0 radical (unpaired) electrons. The maximum Gasteiger partial charge on any atom is 0.244 e. The lowest BCUT2D eigenvalue weighted by atomic mass is 9.79. The van der Waals surface area contributed by atoms with E-state index in [1.165, 1.54) is 0 Å². The van der Waals surface area contributed by atoms with E-state index in [1.807, 2.05) is 31.2 Å². The fraction of sp³-hybridized carbons (Fsp3) is 0.556. The van der Waals surface area contributed by atoms with Crippen molar-refractivity contribution in [2.24, 2.45) is 11.1 Å². The number of rotatable bonds is 2. The minimum atomic E-state index is -0.282. The molecule has 1 aromatic carbocycles. The molecule has 2 aliphatic rings. The van der Waals surface area contributed by atoms with E-state index in [4.69, 9.17) is 5.73 Å². The fourth-order valence-corrected chi connectivity index (χ4v) is 3.56. The van der Waals surface area contributed by atoms with Gasteiger partial charge in [-0.2, -0.15) is 0 Å². The third kappa shape index (κ3) is 3.03. The number of carbonyl (C=O) groups is 2. The second-order valence-electron chi connectivity index (χ2n) is 7.52. The molecule has 1 saturated heterocycles. The quantitative estimate of drug-likeness (QED) is 0.859. The number of likely N-dealkylation sites (tertiary alicyclic amines) is 1. The Morgan fingerprint density at radius 2 is 2.08 bits per heavy atom. The number of nitrogens with two attached hydrogens (primary N) is 1. The van der Waals surface area contributed by atoms with Gasteiger partial charge < -0.3 is 11.1 Å². The van der Waals surface area contributed by atoms with E-state index in [2.05, 4.69) is 24.1 Å². The minimum Gasteiger partial charge on any atom is -0.327 e. The van der Waals surface area contributed by atoms with Crippen molar-refractivity contribution in [1.29, 1.82) is 0 Å². The van der Waals surface area contributed by atoms with Gasteiger partial charge in [0.15, 0.2) is 0 Å². The van der Waals surface area contributed by atoms with Crippen molar-refractivity contribution in [3.8, 4) is 0 Å². The van der Waals surface area contributed by atoms with Crippen molar-refractivity contribution in [2.45, 2.75) is 39.3 Å². The zero-order valence-corrected chi connectivity index (χ0v) is 14.6. The molecule has 2 amide bonds. The maximum atomic E-state index is 13.1. The summed E-state index contributed by atoms with van der Waals surface area (Å²) in [5.74, 6) is -0.196. The molecule has 2 unspecified atom stereocenters. The number of hydrogen-bond acceptors (Lipinski definition) is 4. The highest BCUT2D eigenvalue weighted by Gasteiger charge is 2.39. The Bertz CT molecular complexity index is 658. The van der Waals surface area contributed by atoms with Crippen LogP contribution in [0.3, 0.4) is 0 Å². The van der Waals surface area contributed by atoms with Crippen LogP contribution in [0.15, 0.2) is 24.3 Å². The van der Waals surface area contributed by atoms with Crippen molar-refractivity contribution in [3.63, 3.8) is 0 Å². The minimum absolute atomic E-state index is 0.0238. The molecular formula is C18H26N4O2. The third-order valence-electron chi connectivity index (χ3n) is 5.28. The molecule has 0 saturated carbocycles. The fourth-order valence-electron chi connectivity index (χ4n) is 3.56. The smallest absolute Gasteiger partial charge is 0.244 e. The Kier molecular flexibility index (Phi) is 4.36. The normalized spacial score (nSPS) is 24.9. The lowest BCUT2D eigenvalue weighted by Crippen LogP contribution is -2.58. The average Bonchev–Trinajstić information content (AvgIpc) is 2.55. The van der Waals surface area contributed by atoms with E-state index >= 15 is 0 Å². The van der Waals surface area contributed by atoms with Crippen LogP contribution in [-0.2, 0) is 9.59 Å². The molecule has 130 valence electrons. The molecule has 3 rings (SSSR count). The van der Waals surface area contributed by atoms with Gasteiger partial charge in [0.1, 0.15) is 6.54 Å². The van der Waals surface area contributed by atoms with Crippen molar-refractivity contribution in [3.05, 3.63) is 24.3 Å². The maximum absolute atomic E-state index is 13.1. The predicted octanol–water partition coefficient (Wildman–Crippen LogP) is 1.42. The van der Waals surface area contributed by atoms with E-state index < -0.39 is 0 Å². The molecule has 3 N–H and O–H groups in total. The number of carbonyl (C=O) groups excluding carboxylic acids is 2. The van der Waals surface area contributed by atoms with Crippen LogP contribution in [0.2, 0.25) is 0 Å². The van der Waals surface area contributed by atoms with Gasteiger partial charge in [-0.3, -0.25) is 19.4 Å². The summed E-state index contributed by atoms with van der Waals surface area (Å²) in [5, 5.41) is 2.82. The highest BCUT2D eigenvalue weighted by atomic mass is 16.2. The van der Waals surface area contributed by atoms with Crippen LogP contribution in [0.5, 0.6) is 0 Å². The predicted molar refractivity (Wildman–Crippen MR) is 94.8 cm³/mol. The van der Waals surface area contributed by atoms with Gasteiger partial charge in [0, 0.05) is 19.1 Å². The summed E-state index contributed by atoms with van der Waals surface area (Å²) < 4.78 is 0. The van der Waals surface area contributed by atoms with Crippen LogP contribution in [0.1, 0.15) is 27.2 Å². The molecule has 6 heteroatoms. The molecule has 0 aromatic heterocycles. The Morgan fingerprint density at radius 3 is 2.79 bits per heavy atom. The second-order valence-corrected chi connectivity index (χ2v) is 7.52. The Labute approximate surface area is 143 Å². The first kappa shape index (κ1) is 16.9. The summed E-state index contributed by atoms with van der Waals surface area (Å²) in [6, 6.07) is 7.29. The summed E-state index contributed by atoms with van der Waals surface area (Å²) in [6.45, 7) is 7.86. The first-order valence-corrected chi connectivity index (χ1v) is 8.49. The van der Waals surface area contributed by atoms with Crippen molar-refractivity contribution < 1.29 is 9.59 Å². The number of para-hydroxylation sites is 2. The lowest BCUT2D eigenvalue weighted by molar-refractivity contribution is -0.126. The largest absolute Gasteiger partial charge is 0.327 e. The Balaban J connectivity index is 1.80. The number of amides is 2. The standard InChI is InChI=1S/C18H26N4O2/c1-12(21-9-8-15(19)18(2,3)11-21)17(24)22-10-16(23)20-13-6-4-5-7-14(13)22/h4-7,12,15H,8-11,19H2,1-3H3,(H,20,23). The molecule has 0 spiro atoms. The van der Waals surface area contributed by atoms with Gasteiger partial charge in [-0.15, -0.1) is 0 Å². The van der Waals surface area contributed by atoms with Gasteiger partial charge in [-0.1, -0.05) is 26.0 Å². The second kappa shape index (κ2) is 6.18. The number of piperidine rings is 1. The molecule has 2 aliphatic heterocycles. The summed E-state index contributed by atoms with van der Waals surface area (Å²) >= 11 is 0. The first-order valence-electron chi connectivity index (χ1n) is 8.49. The molecular weight excluding hydrogens is 304 g/mol. The summed E-state index contributed by atoms with van der Waals surface area (Å²) in [6.07, 6.45) is 0.877. The third-order valence-corrected chi connectivity index (χ3v) is 5.28. The average molecular weight is 330 g/mol. The highest BCUT2D eigenvalue weighted by molar-refractivity contribution is 6.11. The number of nitrogens with zero attached hydrogens (tertiary/aromatic N) is 2. The molecule has 0 bridgehead atoms. The Morgan fingerprint density at radius 1 is 1.38 bits per heavy atom. The van der Waals surface area contributed by atoms with E-state index in [9.17, 15) is 9.59 Å². The summed E-state index contributed by atoms with van der Waals surface area (Å²) in [4.78, 5) is 28.8. The van der Waals surface area contributed by atoms with E-state index in [0.29, 0.717) is 5.69 Å². The molecule has 1 aromatic rings. The van der Waals surface area contributed by atoms with Crippen molar-refractivity contribution in [1.82, 2.24) is 4.90 Å². The number of nitrogens with one attached hydrogen (secondary N) is 1. The first-order chi connectivity index (χ1) is 11.3. The van der Waals surface area contributed by atoms with Crippen LogP contribution in [0, 0.1) is 5.41 Å². The van der Waals surface area contributed by atoms with Gasteiger partial charge in [-0.25, -0.2) is 0 Å². The van der Waals surface area contributed by atoms with E-state index in [-0.39, 0.29) is 35.9 Å². The molecule has 1 fully saturated rings. The van der Waals surface area contributed by atoms with Gasteiger partial charge in [-0.05, 0) is 30.9 Å². The number of fused-ring (bicyclic) bond motifs is 1. The molecule has 24 heavy (non-hydrogen) atoms. The van der Waals surface area contributed by atoms with E-state index in [1.54, 1.807) is 4.90 Å². The molecule has 0 aliphatic carbocycles.